The zero-order valence-electron chi connectivity index (χ0n) is 16.2. The van der Waals surface area contributed by atoms with Crippen molar-refractivity contribution < 1.29 is 49.3 Å². The van der Waals surface area contributed by atoms with E-state index in [1.807, 2.05) is 0 Å². The first-order valence-electron chi connectivity index (χ1n) is 9.35. The topological polar surface area (TPSA) is 187 Å². The van der Waals surface area contributed by atoms with Gasteiger partial charge in [-0.3, -0.25) is 4.79 Å². The van der Waals surface area contributed by atoms with Crippen molar-refractivity contribution >= 4 is 16.9 Å². The van der Waals surface area contributed by atoms with Gasteiger partial charge in [0.25, 0.3) is 0 Å². The quantitative estimate of drug-likeness (QED) is 0.320. The molecule has 2 heterocycles. The Morgan fingerprint density at radius 1 is 0.938 bits per heavy atom. The third-order valence-electron chi connectivity index (χ3n) is 5.00. The lowest BCUT2D eigenvalue weighted by Gasteiger charge is -2.38. The lowest BCUT2D eigenvalue weighted by molar-refractivity contribution is -0.271. The highest BCUT2D eigenvalue weighted by Gasteiger charge is 2.48. The second kappa shape index (κ2) is 8.13. The van der Waals surface area contributed by atoms with Gasteiger partial charge in [-0.2, -0.15) is 0 Å². The molecule has 11 nitrogen and oxygen atoms in total. The Hall–Kier alpha value is -3.64. The normalized spacial score (nSPS) is 25.5. The van der Waals surface area contributed by atoms with Crippen LogP contribution in [0.5, 0.6) is 17.2 Å². The number of aliphatic hydroxyl groups excluding tert-OH is 3. The molecule has 1 aliphatic heterocycles. The van der Waals surface area contributed by atoms with Crippen molar-refractivity contribution in [1.29, 1.82) is 0 Å². The third kappa shape index (κ3) is 3.85. The molecule has 0 unspecified atom stereocenters. The van der Waals surface area contributed by atoms with Crippen molar-refractivity contribution in [2.45, 2.75) is 30.7 Å². The van der Waals surface area contributed by atoms with Gasteiger partial charge in [-0.15, -0.1) is 0 Å². The fraction of sp³-hybridized carbons (Fsp3) is 0.238. The second-order valence-corrected chi connectivity index (χ2v) is 7.19. The lowest BCUT2D eigenvalue weighted by atomic mass is 9.99. The summed E-state index contributed by atoms with van der Waals surface area (Å²) in [4.78, 5) is 23.7. The van der Waals surface area contributed by atoms with Crippen LogP contribution >= 0.6 is 0 Å². The molecule has 1 fully saturated rings. The molecule has 0 bridgehead atoms. The SMILES string of the molecule is O=C(O)[C@@H]1O[C@H](Oc2cc(O)c3c(=O)cc(-c4ccc(O)cc4)oc3c2)[C@@H](O)[C@H](O)[C@H]1O. The summed E-state index contributed by atoms with van der Waals surface area (Å²) in [6.45, 7) is 0. The van der Waals surface area contributed by atoms with Gasteiger partial charge in [-0.25, -0.2) is 4.79 Å². The molecule has 32 heavy (non-hydrogen) atoms. The van der Waals surface area contributed by atoms with Crippen molar-refractivity contribution in [2.75, 3.05) is 0 Å². The average Bonchev–Trinajstić information content (AvgIpc) is 2.73. The van der Waals surface area contributed by atoms with Crippen molar-refractivity contribution in [3.8, 4) is 28.6 Å². The number of benzene rings is 2. The van der Waals surface area contributed by atoms with E-state index in [-0.39, 0.29) is 28.2 Å². The molecule has 1 aliphatic rings. The van der Waals surface area contributed by atoms with Crippen LogP contribution in [-0.2, 0) is 9.53 Å². The molecule has 6 N–H and O–H groups in total. The van der Waals surface area contributed by atoms with Crippen LogP contribution in [0.15, 0.2) is 51.7 Å². The zero-order valence-corrected chi connectivity index (χ0v) is 16.2. The molecule has 168 valence electrons. The van der Waals surface area contributed by atoms with Crippen LogP contribution < -0.4 is 10.2 Å². The highest BCUT2D eigenvalue weighted by atomic mass is 16.7. The standard InChI is InChI=1S/C21H18O11/c22-9-3-1-8(2-4-9)13-7-12(24)15-11(23)5-10(6-14(15)31-13)30-21-18(27)16(25)17(26)19(32-21)20(28)29/h1-7,16-19,21-23,25-27H,(H,28,29)/t16-,17-,18+,19-,21+/m1/s1. The van der Waals surface area contributed by atoms with Gasteiger partial charge in [-0.05, 0) is 24.3 Å². The molecule has 11 heteroatoms. The monoisotopic (exact) mass is 446 g/mol. The molecule has 1 aromatic heterocycles. The molecule has 0 aliphatic carbocycles. The van der Waals surface area contributed by atoms with Gasteiger partial charge in [0.15, 0.2) is 11.5 Å². The molecule has 0 radical (unpaired) electrons. The molecule has 5 atom stereocenters. The number of hydrogen-bond acceptors (Lipinski definition) is 10. The highest BCUT2D eigenvalue weighted by molar-refractivity contribution is 5.86. The van der Waals surface area contributed by atoms with Crippen LogP contribution in [0.3, 0.4) is 0 Å². The number of aliphatic hydroxyl groups is 3. The first kappa shape index (κ1) is 21.6. The van der Waals surface area contributed by atoms with Crippen molar-refractivity contribution in [3.63, 3.8) is 0 Å². The number of carboxylic acids is 1. The predicted molar refractivity (Wildman–Crippen MR) is 106 cm³/mol. The van der Waals surface area contributed by atoms with E-state index in [0.29, 0.717) is 5.56 Å². The minimum atomic E-state index is -1.89. The van der Waals surface area contributed by atoms with E-state index in [4.69, 9.17) is 19.0 Å². The number of carboxylic acid groups (broad SMARTS) is 1. The molecular weight excluding hydrogens is 428 g/mol. The Labute approximate surface area is 178 Å². The Bertz CT molecular complexity index is 1220. The van der Waals surface area contributed by atoms with Crippen LogP contribution in [0.1, 0.15) is 0 Å². The number of phenolic OH excluding ortho intramolecular Hbond substituents is 2. The van der Waals surface area contributed by atoms with Gasteiger partial charge < -0.3 is 44.5 Å². The summed E-state index contributed by atoms with van der Waals surface area (Å²) in [6, 6.07) is 9.24. The minimum absolute atomic E-state index is 0.0169. The summed E-state index contributed by atoms with van der Waals surface area (Å²) in [5, 5.41) is 58.5. The van der Waals surface area contributed by atoms with E-state index < -0.39 is 47.9 Å². The number of aliphatic carboxylic acids is 1. The van der Waals surface area contributed by atoms with Gasteiger partial charge in [0.2, 0.25) is 6.29 Å². The van der Waals surface area contributed by atoms with Crippen LogP contribution in [0.4, 0.5) is 0 Å². The zero-order chi connectivity index (χ0) is 23.2. The molecule has 0 spiro atoms. The molecule has 2 aromatic carbocycles. The fourth-order valence-electron chi connectivity index (χ4n) is 3.36. The number of carbonyl (C=O) groups is 1. The number of aromatic hydroxyl groups is 2. The lowest BCUT2D eigenvalue weighted by Crippen LogP contribution is -2.61. The number of rotatable bonds is 4. The Balaban J connectivity index is 1.71. The molecule has 0 saturated carbocycles. The number of ether oxygens (including phenoxy) is 2. The van der Waals surface area contributed by atoms with Gasteiger partial charge >= 0.3 is 5.97 Å². The Kier molecular flexibility index (Phi) is 5.48. The van der Waals surface area contributed by atoms with Crippen molar-refractivity contribution in [1.82, 2.24) is 0 Å². The molecule has 0 amide bonds. The smallest absolute Gasteiger partial charge is 0.335 e. The van der Waals surface area contributed by atoms with E-state index in [1.165, 1.54) is 30.3 Å². The molecular formula is C21H18O11. The van der Waals surface area contributed by atoms with Gasteiger partial charge in [-0.1, -0.05) is 0 Å². The second-order valence-electron chi connectivity index (χ2n) is 7.19. The average molecular weight is 446 g/mol. The summed E-state index contributed by atoms with van der Waals surface area (Å²) < 4.78 is 16.1. The maximum Gasteiger partial charge on any atom is 0.335 e. The van der Waals surface area contributed by atoms with E-state index in [2.05, 4.69) is 0 Å². The first-order valence-corrected chi connectivity index (χ1v) is 9.35. The molecule has 1 saturated heterocycles. The summed E-state index contributed by atoms with van der Waals surface area (Å²) >= 11 is 0. The number of fused-ring (bicyclic) bond motifs is 1. The van der Waals surface area contributed by atoms with E-state index >= 15 is 0 Å². The van der Waals surface area contributed by atoms with Crippen LogP contribution in [0.2, 0.25) is 0 Å². The van der Waals surface area contributed by atoms with Gasteiger partial charge in [0.05, 0.1) is 0 Å². The van der Waals surface area contributed by atoms with Crippen LogP contribution in [0, 0.1) is 0 Å². The van der Waals surface area contributed by atoms with E-state index in [0.717, 1.165) is 12.1 Å². The predicted octanol–water partition coefficient (Wildman–Crippen LogP) is 0.142. The van der Waals surface area contributed by atoms with Gasteiger partial charge in [0, 0.05) is 23.8 Å². The maximum atomic E-state index is 12.5. The van der Waals surface area contributed by atoms with E-state index in [1.54, 1.807) is 0 Å². The molecule has 4 rings (SSSR count). The summed E-state index contributed by atoms with van der Waals surface area (Å²) in [6.07, 6.45) is -9.15. The largest absolute Gasteiger partial charge is 0.508 e. The number of hydrogen-bond donors (Lipinski definition) is 6. The summed E-state index contributed by atoms with van der Waals surface area (Å²) in [5.41, 5.74) is -0.173. The number of phenols is 2. The third-order valence-corrected chi connectivity index (χ3v) is 5.00. The van der Waals surface area contributed by atoms with E-state index in [9.17, 15) is 35.1 Å². The summed E-state index contributed by atoms with van der Waals surface area (Å²) in [5.74, 6) is -2.11. The van der Waals surface area contributed by atoms with Gasteiger partial charge in [0.1, 0.15) is 52.3 Å². The van der Waals surface area contributed by atoms with Crippen LogP contribution in [0.25, 0.3) is 22.3 Å². The first-order chi connectivity index (χ1) is 15.2. The summed E-state index contributed by atoms with van der Waals surface area (Å²) in [7, 11) is 0. The Morgan fingerprint density at radius 3 is 2.28 bits per heavy atom. The van der Waals surface area contributed by atoms with Crippen LogP contribution in [-0.4, -0.2) is 67.3 Å². The highest BCUT2D eigenvalue weighted by Crippen LogP contribution is 2.33. The van der Waals surface area contributed by atoms with Crippen molar-refractivity contribution in [2.24, 2.45) is 0 Å². The Morgan fingerprint density at radius 2 is 1.62 bits per heavy atom. The van der Waals surface area contributed by atoms with Crippen molar-refractivity contribution in [3.05, 3.63) is 52.7 Å². The maximum absolute atomic E-state index is 12.5. The fourth-order valence-corrected chi connectivity index (χ4v) is 3.36. The molecule has 3 aromatic rings. The minimum Gasteiger partial charge on any atom is -0.508 e.